The summed E-state index contributed by atoms with van der Waals surface area (Å²) in [5.41, 5.74) is 4.76. The number of amides is 2. The summed E-state index contributed by atoms with van der Waals surface area (Å²) in [5, 5.41) is 7.57. The number of rotatable bonds is 8. The Kier molecular flexibility index (Phi) is 6.70. The Balaban J connectivity index is 1.59. The highest BCUT2D eigenvalue weighted by Crippen LogP contribution is 2.03. The monoisotopic (exact) mass is 344 g/mol. The van der Waals surface area contributed by atoms with Crippen molar-refractivity contribution in [3.63, 3.8) is 0 Å². The van der Waals surface area contributed by atoms with Crippen LogP contribution in [0.3, 0.4) is 0 Å². The van der Waals surface area contributed by atoms with Crippen LogP contribution in [0, 0.1) is 13.8 Å². The fourth-order valence-electron chi connectivity index (χ4n) is 1.90. The third-order valence-corrected chi connectivity index (χ3v) is 3.09. The van der Waals surface area contributed by atoms with Gasteiger partial charge in [0.05, 0.1) is 12.4 Å². The lowest BCUT2D eigenvalue weighted by molar-refractivity contribution is -0.122. The van der Waals surface area contributed by atoms with E-state index in [1.165, 1.54) is 12.4 Å². The molecule has 132 valence electrons. The van der Waals surface area contributed by atoms with E-state index in [2.05, 4.69) is 21.1 Å². The lowest BCUT2D eigenvalue weighted by Gasteiger charge is -2.00. The number of hydrogen-bond acceptors (Lipinski definition) is 6. The van der Waals surface area contributed by atoms with Crippen molar-refractivity contribution in [1.29, 1.82) is 0 Å². The first-order chi connectivity index (χ1) is 12.0. The number of hydrazone groups is 2. The van der Waals surface area contributed by atoms with E-state index in [0.717, 1.165) is 11.5 Å². The molecule has 0 radical (unpaired) electrons. The van der Waals surface area contributed by atoms with Crippen molar-refractivity contribution in [3.8, 4) is 0 Å². The van der Waals surface area contributed by atoms with Crippen LogP contribution in [-0.4, -0.2) is 24.2 Å². The van der Waals surface area contributed by atoms with Crippen LogP contribution in [0.1, 0.15) is 42.3 Å². The van der Waals surface area contributed by atoms with Crippen LogP contribution < -0.4 is 10.9 Å². The minimum absolute atomic E-state index is 0.184. The van der Waals surface area contributed by atoms with Gasteiger partial charge in [-0.25, -0.2) is 10.9 Å². The zero-order chi connectivity index (χ0) is 18.1. The predicted octanol–water partition coefficient (Wildman–Crippen LogP) is 2.26. The van der Waals surface area contributed by atoms with Gasteiger partial charge in [-0.15, -0.1) is 0 Å². The summed E-state index contributed by atoms with van der Waals surface area (Å²) >= 11 is 0. The van der Waals surface area contributed by atoms with Crippen LogP contribution in [0.25, 0.3) is 0 Å². The van der Waals surface area contributed by atoms with Gasteiger partial charge in [-0.1, -0.05) is 0 Å². The molecular formula is C17H20N4O4. The molecule has 0 aliphatic heterocycles. The zero-order valence-electron chi connectivity index (χ0n) is 14.1. The molecule has 0 spiro atoms. The van der Waals surface area contributed by atoms with Crippen molar-refractivity contribution in [2.45, 2.75) is 33.1 Å². The molecule has 0 unspecified atom stereocenters. The van der Waals surface area contributed by atoms with E-state index in [1.807, 2.05) is 13.8 Å². The van der Waals surface area contributed by atoms with Gasteiger partial charge in [-0.05, 0) is 44.5 Å². The minimum Gasteiger partial charge on any atom is -0.460 e. The average molecular weight is 344 g/mol. The van der Waals surface area contributed by atoms with Crippen LogP contribution in [0.4, 0.5) is 0 Å². The lowest BCUT2D eigenvalue weighted by Crippen LogP contribution is -2.20. The molecule has 2 aromatic rings. The van der Waals surface area contributed by atoms with E-state index in [1.54, 1.807) is 24.3 Å². The van der Waals surface area contributed by atoms with Crippen LogP contribution in [0.5, 0.6) is 0 Å². The first kappa shape index (κ1) is 18.2. The second kappa shape index (κ2) is 9.21. The Morgan fingerprint density at radius 3 is 1.68 bits per heavy atom. The van der Waals surface area contributed by atoms with E-state index in [-0.39, 0.29) is 24.7 Å². The molecule has 0 saturated carbocycles. The topological polar surface area (TPSA) is 109 Å². The minimum atomic E-state index is -0.276. The Morgan fingerprint density at radius 1 is 0.880 bits per heavy atom. The highest BCUT2D eigenvalue weighted by molar-refractivity contribution is 5.82. The maximum Gasteiger partial charge on any atom is 0.240 e. The smallest absolute Gasteiger partial charge is 0.240 e. The van der Waals surface area contributed by atoms with Crippen molar-refractivity contribution >= 4 is 24.2 Å². The predicted molar refractivity (Wildman–Crippen MR) is 92.2 cm³/mol. The molecule has 8 heteroatoms. The number of carbonyl (C=O) groups is 2. The summed E-state index contributed by atoms with van der Waals surface area (Å²) in [7, 11) is 0. The number of nitrogens with one attached hydrogen (secondary N) is 2. The molecular weight excluding hydrogens is 324 g/mol. The SMILES string of the molecule is Cc1ccc(/C=N\NC(=O)CCCC(=O)N/N=C\c2ccc(C)o2)o1. The van der Waals surface area contributed by atoms with Gasteiger partial charge in [-0.2, -0.15) is 10.2 Å². The molecule has 25 heavy (non-hydrogen) atoms. The quantitative estimate of drug-likeness (QED) is 0.565. The van der Waals surface area contributed by atoms with E-state index in [4.69, 9.17) is 8.83 Å². The molecule has 0 saturated heterocycles. The van der Waals surface area contributed by atoms with Gasteiger partial charge in [0.25, 0.3) is 0 Å². The Morgan fingerprint density at radius 2 is 1.32 bits per heavy atom. The van der Waals surface area contributed by atoms with Gasteiger partial charge >= 0.3 is 0 Å². The fourth-order valence-corrected chi connectivity index (χ4v) is 1.90. The lowest BCUT2D eigenvalue weighted by atomic mass is 10.2. The van der Waals surface area contributed by atoms with Crippen LogP contribution in [-0.2, 0) is 9.59 Å². The van der Waals surface area contributed by atoms with Crippen molar-refractivity contribution in [2.75, 3.05) is 0 Å². The normalized spacial score (nSPS) is 11.3. The molecule has 2 heterocycles. The third kappa shape index (κ3) is 6.86. The first-order valence-corrected chi connectivity index (χ1v) is 7.79. The van der Waals surface area contributed by atoms with Crippen molar-refractivity contribution in [3.05, 3.63) is 47.3 Å². The van der Waals surface area contributed by atoms with Crippen molar-refractivity contribution < 1.29 is 18.4 Å². The summed E-state index contributed by atoms with van der Waals surface area (Å²) in [6.45, 7) is 3.64. The number of furan rings is 2. The maximum absolute atomic E-state index is 11.6. The maximum atomic E-state index is 11.6. The average Bonchev–Trinajstić information content (AvgIpc) is 3.16. The molecule has 2 rings (SSSR count). The summed E-state index contributed by atoms with van der Waals surface area (Å²) in [6.07, 6.45) is 3.60. The highest BCUT2D eigenvalue weighted by Gasteiger charge is 2.04. The molecule has 2 amide bonds. The molecule has 2 aromatic heterocycles. The Hall–Kier alpha value is -3.16. The zero-order valence-corrected chi connectivity index (χ0v) is 14.1. The molecule has 0 aliphatic rings. The Bertz CT molecular complexity index is 709. The first-order valence-electron chi connectivity index (χ1n) is 7.79. The molecule has 0 fully saturated rings. The molecule has 2 N–H and O–H groups in total. The van der Waals surface area contributed by atoms with Gasteiger partial charge in [0.1, 0.15) is 23.0 Å². The summed E-state index contributed by atoms with van der Waals surface area (Å²) < 4.78 is 10.6. The number of aryl methyl sites for hydroxylation is 2. The number of nitrogens with zero attached hydrogens (tertiary/aromatic N) is 2. The highest BCUT2D eigenvalue weighted by atomic mass is 16.3. The van der Waals surface area contributed by atoms with E-state index >= 15 is 0 Å². The van der Waals surface area contributed by atoms with Gasteiger partial charge in [0.15, 0.2) is 0 Å². The molecule has 8 nitrogen and oxygen atoms in total. The summed E-state index contributed by atoms with van der Waals surface area (Å²) in [6, 6.07) is 7.11. The molecule has 0 bridgehead atoms. The third-order valence-electron chi connectivity index (χ3n) is 3.09. The van der Waals surface area contributed by atoms with Crippen LogP contribution in [0.15, 0.2) is 43.3 Å². The number of carbonyl (C=O) groups excluding carboxylic acids is 2. The largest absolute Gasteiger partial charge is 0.460 e. The van der Waals surface area contributed by atoms with E-state index in [0.29, 0.717) is 17.9 Å². The standard InChI is InChI=1S/C17H20N4O4/c1-12-6-8-14(24-12)10-18-20-16(22)4-3-5-17(23)21-19-11-15-9-7-13(2)25-15/h6-11H,3-5H2,1-2H3,(H,20,22)(H,21,23)/b18-10-,19-11-. The summed E-state index contributed by atoms with van der Waals surface area (Å²) in [4.78, 5) is 23.2. The second-order valence-electron chi connectivity index (χ2n) is 5.34. The molecule has 0 aromatic carbocycles. The van der Waals surface area contributed by atoms with Gasteiger partial charge in [0.2, 0.25) is 11.8 Å². The Labute approximate surface area is 145 Å². The van der Waals surface area contributed by atoms with Crippen LogP contribution in [0.2, 0.25) is 0 Å². The second-order valence-corrected chi connectivity index (χ2v) is 5.34. The molecule has 0 atom stereocenters. The number of hydrogen-bond donors (Lipinski definition) is 2. The van der Waals surface area contributed by atoms with E-state index < -0.39 is 0 Å². The summed E-state index contributed by atoms with van der Waals surface area (Å²) in [5.74, 6) is 2.10. The van der Waals surface area contributed by atoms with E-state index in [9.17, 15) is 9.59 Å². The van der Waals surface area contributed by atoms with Gasteiger partial charge < -0.3 is 8.83 Å². The van der Waals surface area contributed by atoms with Gasteiger partial charge in [-0.3, -0.25) is 9.59 Å². The van der Waals surface area contributed by atoms with Crippen molar-refractivity contribution in [2.24, 2.45) is 10.2 Å². The van der Waals surface area contributed by atoms with Crippen LogP contribution >= 0.6 is 0 Å². The molecule has 0 aliphatic carbocycles. The van der Waals surface area contributed by atoms with Gasteiger partial charge in [0, 0.05) is 12.8 Å². The van der Waals surface area contributed by atoms with Crippen molar-refractivity contribution in [1.82, 2.24) is 10.9 Å². The fraction of sp³-hybridized carbons (Fsp3) is 0.294.